The number of likely N-dealkylation sites (tertiary alicyclic amines) is 1. The maximum absolute atomic E-state index is 13.6. The fourth-order valence-electron chi connectivity index (χ4n) is 4.60. The number of aryl methyl sites for hydroxylation is 2. The predicted molar refractivity (Wildman–Crippen MR) is 121 cm³/mol. The van der Waals surface area contributed by atoms with Crippen LogP contribution in [0, 0.1) is 13.8 Å². The molecule has 0 radical (unpaired) electrons. The summed E-state index contributed by atoms with van der Waals surface area (Å²) >= 11 is 0. The molecular weight excluding hydrogens is 386 g/mol. The highest BCUT2D eigenvalue weighted by Crippen LogP contribution is 2.30. The fraction of sp³-hybridized carbons (Fsp3) is 0.320. The molecule has 3 heterocycles. The van der Waals surface area contributed by atoms with Crippen LogP contribution < -0.4 is 0 Å². The number of imidazole rings is 2. The summed E-state index contributed by atoms with van der Waals surface area (Å²) in [5.74, 6) is 2.36. The highest BCUT2D eigenvalue weighted by atomic mass is 16.2. The van der Waals surface area contributed by atoms with E-state index in [1.165, 1.54) is 5.56 Å². The normalized spacial score (nSPS) is 16.0. The van der Waals surface area contributed by atoms with Crippen LogP contribution in [0.3, 0.4) is 0 Å². The molecule has 1 atom stereocenters. The summed E-state index contributed by atoms with van der Waals surface area (Å²) in [5, 5.41) is 0. The average Bonchev–Trinajstić information content (AvgIpc) is 3.41. The van der Waals surface area contributed by atoms with Crippen LogP contribution in [0.5, 0.6) is 0 Å². The standard InChI is InChI=1S/C25H27N5O/c1-17-8-9-21-22(16-17)28-24(27-21)20-10-13-29(14-11-20)25(31)23(19-6-4-3-5-7-19)30-15-12-26-18(30)2/h3-9,12,15-16,20,23H,10-11,13-14H2,1-2H3,(H,27,28)/t23-/m0/s1. The van der Waals surface area contributed by atoms with Crippen molar-refractivity contribution in [2.24, 2.45) is 0 Å². The molecule has 2 aromatic heterocycles. The Morgan fingerprint density at radius 1 is 1.10 bits per heavy atom. The number of hydrogen-bond donors (Lipinski definition) is 1. The van der Waals surface area contributed by atoms with Crippen LogP contribution in [0.25, 0.3) is 11.0 Å². The van der Waals surface area contributed by atoms with E-state index in [1.807, 2.05) is 52.9 Å². The van der Waals surface area contributed by atoms with E-state index >= 15 is 0 Å². The number of fused-ring (bicyclic) bond motifs is 1. The molecule has 158 valence electrons. The van der Waals surface area contributed by atoms with Crippen LogP contribution in [0.2, 0.25) is 0 Å². The van der Waals surface area contributed by atoms with Gasteiger partial charge in [-0.3, -0.25) is 4.79 Å². The van der Waals surface area contributed by atoms with E-state index in [-0.39, 0.29) is 11.9 Å². The Balaban J connectivity index is 1.34. The van der Waals surface area contributed by atoms with Gasteiger partial charge in [-0.1, -0.05) is 36.4 Å². The smallest absolute Gasteiger partial charge is 0.250 e. The lowest BCUT2D eigenvalue weighted by Crippen LogP contribution is -2.42. The monoisotopic (exact) mass is 413 g/mol. The Labute approximate surface area is 181 Å². The van der Waals surface area contributed by atoms with E-state index in [0.717, 1.165) is 54.2 Å². The number of H-pyrrole nitrogens is 1. The molecule has 1 aliphatic heterocycles. The third-order valence-corrected chi connectivity index (χ3v) is 6.34. The van der Waals surface area contributed by atoms with Crippen LogP contribution in [-0.4, -0.2) is 43.4 Å². The van der Waals surface area contributed by atoms with Crippen molar-refractivity contribution in [3.8, 4) is 0 Å². The van der Waals surface area contributed by atoms with E-state index < -0.39 is 0 Å². The number of aromatic amines is 1. The van der Waals surface area contributed by atoms with Crippen LogP contribution >= 0.6 is 0 Å². The van der Waals surface area contributed by atoms with Crippen molar-refractivity contribution < 1.29 is 4.79 Å². The number of amides is 1. The number of piperidine rings is 1. The highest BCUT2D eigenvalue weighted by Gasteiger charge is 2.32. The van der Waals surface area contributed by atoms with Gasteiger partial charge in [0.05, 0.1) is 11.0 Å². The first kappa shape index (κ1) is 19.5. The Morgan fingerprint density at radius 2 is 1.87 bits per heavy atom. The van der Waals surface area contributed by atoms with Gasteiger partial charge in [0.1, 0.15) is 17.7 Å². The zero-order chi connectivity index (χ0) is 21.4. The summed E-state index contributed by atoms with van der Waals surface area (Å²) in [6.07, 6.45) is 5.48. The van der Waals surface area contributed by atoms with Gasteiger partial charge < -0.3 is 14.5 Å². The molecule has 1 aliphatic rings. The zero-order valence-corrected chi connectivity index (χ0v) is 18.0. The molecule has 0 unspecified atom stereocenters. The fourth-order valence-corrected chi connectivity index (χ4v) is 4.60. The molecule has 1 N–H and O–H groups in total. The second kappa shape index (κ2) is 8.02. The Bertz CT molecular complexity index is 1200. The molecule has 6 nitrogen and oxygen atoms in total. The third kappa shape index (κ3) is 3.74. The molecule has 4 aromatic rings. The van der Waals surface area contributed by atoms with E-state index in [4.69, 9.17) is 4.98 Å². The van der Waals surface area contributed by atoms with Gasteiger partial charge in [0, 0.05) is 31.4 Å². The van der Waals surface area contributed by atoms with Crippen molar-refractivity contribution in [3.05, 3.63) is 83.7 Å². The molecule has 1 saturated heterocycles. The van der Waals surface area contributed by atoms with Crippen molar-refractivity contribution in [1.82, 2.24) is 24.4 Å². The van der Waals surface area contributed by atoms with Crippen molar-refractivity contribution in [3.63, 3.8) is 0 Å². The van der Waals surface area contributed by atoms with Crippen LogP contribution in [0.1, 0.15) is 47.6 Å². The van der Waals surface area contributed by atoms with E-state index in [9.17, 15) is 4.79 Å². The summed E-state index contributed by atoms with van der Waals surface area (Å²) in [5.41, 5.74) is 4.32. The minimum Gasteiger partial charge on any atom is -0.342 e. The molecule has 0 bridgehead atoms. The zero-order valence-electron chi connectivity index (χ0n) is 18.0. The van der Waals surface area contributed by atoms with Gasteiger partial charge in [0.15, 0.2) is 0 Å². The first-order chi connectivity index (χ1) is 15.1. The lowest BCUT2D eigenvalue weighted by molar-refractivity contribution is -0.134. The first-order valence-corrected chi connectivity index (χ1v) is 10.9. The summed E-state index contributed by atoms with van der Waals surface area (Å²) in [6.45, 7) is 5.50. The molecule has 1 amide bonds. The van der Waals surface area contributed by atoms with E-state index in [0.29, 0.717) is 5.92 Å². The number of carbonyl (C=O) groups excluding carboxylic acids is 1. The Morgan fingerprint density at radius 3 is 2.58 bits per heavy atom. The van der Waals surface area contributed by atoms with Crippen molar-refractivity contribution >= 4 is 16.9 Å². The maximum Gasteiger partial charge on any atom is 0.250 e. The average molecular weight is 414 g/mol. The molecular formula is C25H27N5O. The van der Waals surface area contributed by atoms with E-state index in [1.54, 1.807) is 6.20 Å². The lowest BCUT2D eigenvalue weighted by Gasteiger charge is -2.34. The van der Waals surface area contributed by atoms with Crippen molar-refractivity contribution in [2.75, 3.05) is 13.1 Å². The van der Waals surface area contributed by atoms with Crippen molar-refractivity contribution in [2.45, 2.75) is 38.6 Å². The first-order valence-electron chi connectivity index (χ1n) is 10.9. The number of nitrogens with zero attached hydrogens (tertiary/aromatic N) is 4. The molecule has 2 aromatic carbocycles. The molecule has 0 aliphatic carbocycles. The van der Waals surface area contributed by atoms with Gasteiger partial charge >= 0.3 is 0 Å². The summed E-state index contributed by atoms with van der Waals surface area (Å²) in [4.78, 5) is 28.3. The molecule has 31 heavy (non-hydrogen) atoms. The van der Waals surface area contributed by atoms with Crippen LogP contribution in [0.15, 0.2) is 60.9 Å². The van der Waals surface area contributed by atoms with Gasteiger partial charge in [-0.2, -0.15) is 0 Å². The van der Waals surface area contributed by atoms with Crippen LogP contribution in [-0.2, 0) is 4.79 Å². The molecule has 5 rings (SSSR count). The second-order valence-corrected chi connectivity index (χ2v) is 8.44. The topological polar surface area (TPSA) is 66.8 Å². The summed E-state index contributed by atoms with van der Waals surface area (Å²) in [7, 11) is 0. The third-order valence-electron chi connectivity index (χ3n) is 6.34. The SMILES string of the molecule is Cc1ccc2nc(C3CCN(C(=O)[C@H](c4ccccc4)n4ccnc4C)CC3)[nH]c2c1. The molecule has 0 spiro atoms. The molecule has 1 fully saturated rings. The number of hydrogen-bond acceptors (Lipinski definition) is 3. The Hall–Kier alpha value is -3.41. The number of carbonyl (C=O) groups is 1. The van der Waals surface area contributed by atoms with Crippen LogP contribution in [0.4, 0.5) is 0 Å². The van der Waals surface area contributed by atoms with Gasteiger partial charge in [0.25, 0.3) is 0 Å². The molecule has 6 heteroatoms. The predicted octanol–water partition coefficient (Wildman–Crippen LogP) is 4.37. The van der Waals surface area contributed by atoms with Crippen molar-refractivity contribution in [1.29, 1.82) is 0 Å². The largest absolute Gasteiger partial charge is 0.342 e. The van der Waals surface area contributed by atoms with Gasteiger partial charge in [-0.15, -0.1) is 0 Å². The quantitative estimate of drug-likeness (QED) is 0.540. The maximum atomic E-state index is 13.6. The van der Waals surface area contributed by atoms with Gasteiger partial charge in [0.2, 0.25) is 5.91 Å². The number of aromatic nitrogens is 4. The summed E-state index contributed by atoms with van der Waals surface area (Å²) in [6, 6.07) is 15.9. The minimum atomic E-state index is -0.380. The van der Waals surface area contributed by atoms with E-state index in [2.05, 4.69) is 35.1 Å². The number of rotatable bonds is 4. The summed E-state index contributed by atoms with van der Waals surface area (Å²) < 4.78 is 1.98. The lowest BCUT2D eigenvalue weighted by atomic mass is 9.95. The highest BCUT2D eigenvalue weighted by molar-refractivity contribution is 5.84. The number of nitrogens with one attached hydrogen (secondary N) is 1. The van der Waals surface area contributed by atoms with Gasteiger partial charge in [-0.05, 0) is 49.9 Å². The molecule has 0 saturated carbocycles. The second-order valence-electron chi connectivity index (χ2n) is 8.44. The minimum absolute atomic E-state index is 0.131. The Kier molecular flexibility index (Phi) is 5.06. The van der Waals surface area contributed by atoms with Gasteiger partial charge in [-0.25, -0.2) is 9.97 Å². The number of benzene rings is 2.